The molecule has 0 spiro atoms. The lowest BCUT2D eigenvalue weighted by atomic mass is 9.96. The fraction of sp³-hybridized carbons (Fsp3) is 0.105. The first kappa shape index (κ1) is 13.4. The van der Waals surface area contributed by atoms with Gasteiger partial charge in [0.15, 0.2) is 0 Å². The lowest BCUT2D eigenvalue weighted by molar-refractivity contribution is 0.0603. The summed E-state index contributed by atoms with van der Waals surface area (Å²) in [5.74, 6) is -0.305. The molecule has 2 nitrogen and oxygen atoms in total. The molecule has 3 rings (SSSR count). The molecule has 2 heteroatoms. The molecule has 0 radical (unpaired) electrons. The van der Waals surface area contributed by atoms with Crippen molar-refractivity contribution in [2.24, 2.45) is 0 Å². The summed E-state index contributed by atoms with van der Waals surface area (Å²) >= 11 is 0. The fourth-order valence-corrected chi connectivity index (χ4v) is 2.50. The van der Waals surface area contributed by atoms with Crippen molar-refractivity contribution in [1.82, 2.24) is 0 Å². The zero-order chi connectivity index (χ0) is 14.8. The van der Waals surface area contributed by atoms with Crippen LogP contribution < -0.4 is 0 Å². The highest BCUT2D eigenvalue weighted by atomic mass is 16.5. The molecular formula is C19H16O2. The molecule has 0 unspecified atom stereocenters. The first-order chi connectivity index (χ1) is 10.2. The highest BCUT2D eigenvalue weighted by Gasteiger charge is 2.12. The molecule has 0 saturated carbocycles. The Morgan fingerprint density at radius 1 is 0.905 bits per heavy atom. The van der Waals surface area contributed by atoms with Gasteiger partial charge in [0.1, 0.15) is 0 Å². The summed E-state index contributed by atoms with van der Waals surface area (Å²) in [7, 11) is 1.41. The highest BCUT2D eigenvalue weighted by molar-refractivity contribution is 6.06. The molecule has 3 aromatic rings. The molecule has 0 amide bonds. The zero-order valence-electron chi connectivity index (χ0n) is 12.1. The van der Waals surface area contributed by atoms with Gasteiger partial charge in [0.25, 0.3) is 0 Å². The minimum absolute atomic E-state index is 0.305. The molecule has 0 heterocycles. The molecule has 21 heavy (non-hydrogen) atoms. The van der Waals surface area contributed by atoms with Crippen molar-refractivity contribution < 1.29 is 9.53 Å². The number of fused-ring (bicyclic) bond motifs is 1. The van der Waals surface area contributed by atoms with Gasteiger partial charge in [-0.1, -0.05) is 54.1 Å². The number of carbonyl (C=O) groups excluding carboxylic acids is 1. The molecule has 0 aliphatic heterocycles. The van der Waals surface area contributed by atoms with Crippen molar-refractivity contribution in [3.05, 3.63) is 71.8 Å². The molecule has 0 aliphatic rings. The number of aryl methyl sites for hydroxylation is 1. The van der Waals surface area contributed by atoms with Crippen LogP contribution in [0.15, 0.2) is 60.7 Å². The van der Waals surface area contributed by atoms with Crippen molar-refractivity contribution in [2.75, 3.05) is 7.11 Å². The second-order valence-electron chi connectivity index (χ2n) is 5.10. The number of ether oxygens (including phenoxy) is 1. The van der Waals surface area contributed by atoms with Gasteiger partial charge in [-0.15, -0.1) is 0 Å². The molecule has 0 fully saturated rings. The smallest absolute Gasteiger partial charge is 0.338 e. The van der Waals surface area contributed by atoms with Gasteiger partial charge in [0, 0.05) is 0 Å². The van der Waals surface area contributed by atoms with Gasteiger partial charge in [-0.2, -0.15) is 0 Å². The third kappa shape index (κ3) is 2.52. The first-order valence-corrected chi connectivity index (χ1v) is 6.87. The van der Waals surface area contributed by atoms with E-state index in [-0.39, 0.29) is 5.97 Å². The summed E-state index contributed by atoms with van der Waals surface area (Å²) in [4.78, 5) is 12.0. The van der Waals surface area contributed by atoms with Crippen LogP contribution in [0.25, 0.3) is 21.9 Å². The van der Waals surface area contributed by atoms with Crippen LogP contribution in [-0.4, -0.2) is 13.1 Å². The zero-order valence-corrected chi connectivity index (χ0v) is 12.1. The van der Waals surface area contributed by atoms with Crippen LogP contribution in [0.5, 0.6) is 0 Å². The van der Waals surface area contributed by atoms with E-state index in [0.717, 1.165) is 21.9 Å². The van der Waals surface area contributed by atoms with E-state index in [1.54, 1.807) is 0 Å². The van der Waals surface area contributed by atoms with Gasteiger partial charge >= 0.3 is 5.97 Å². The van der Waals surface area contributed by atoms with Gasteiger partial charge in [0.05, 0.1) is 12.7 Å². The van der Waals surface area contributed by atoms with Crippen LogP contribution in [0.2, 0.25) is 0 Å². The quantitative estimate of drug-likeness (QED) is 0.639. The van der Waals surface area contributed by atoms with E-state index in [4.69, 9.17) is 4.74 Å². The van der Waals surface area contributed by atoms with Gasteiger partial charge < -0.3 is 4.74 Å². The van der Waals surface area contributed by atoms with Crippen LogP contribution in [0, 0.1) is 6.92 Å². The van der Waals surface area contributed by atoms with Gasteiger partial charge in [-0.3, -0.25) is 0 Å². The normalized spacial score (nSPS) is 10.6. The number of carbonyl (C=O) groups is 1. The Morgan fingerprint density at radius 2 is 1.62 bits per heavy atom. The van der Waals surface area contributed by atoms with Crippen molar-refractivity contribution >= 4 is 16.7 Å². The van der Waals surface area contributed by atoms with E-state index in [2.05, 4.69) is 37.3 Å². The second-order valence-corrected chi connectivity index (χ2v) is 5.10. The Hall–Kier alpha value is -2.61. The lowest BCUT2D eigenvalue weighted by Gasteiger charge is -2.09. The van der Waals surface area contributed by atoms with Gasteiger partial charge in [-0.05, 0) is 41.0 Å². The number of methoxy groups -OCH3 is 1. The Balaban J connectivity index is 2.25. The molecule has 3 aromatic carbocycles. The Labute approximate surface area is 124 Å². The van der Waals surface area contributed by atoms with Crippen molar-refractivity contribution in [3.8, 4) is 11.1 Å². The molecule has 0 saturated heterocycles. The van der Waals surface area contributed by atoms with Crippen molar-refractivity contribution in [3.63, 3.8) is 0 Å². The average Bonchev–Trinajstić information content (AvgIpc) is 2.53. The SMILES string of the molecule is COC(=O)c1cc(-c2ccc(C)cc2)cc2ccccc12. The van der Waals surface area contributed by atoms with Crippen LogP contribution in [0.1, 0.15) is 15.9 Å². The number of hydrogen-bond acceptors (Lipinski definition) is 2. The van der Waals surface area contributed by atoms with Crippen LogP contribution in [0.4, 0.5) is 0 Å². The van der Waals surface area contributed by atoms with Gasteiger partial charge in [0.2, 0.25) is 0 Å². The third-order valence-electron chi connectivity index (χ3n) is 3.65. The first-order valence-electron chi connectivity index (χ1n) is 6.87. The maximum atomic E-state index is 12.0. The second kappa shape index (κ2) is 5.41. The van der Waals surface area contributed by atoms with Crippen LogP contribution in [-0.2, 0) is 4.74 Å². The summed E-state index contributed by atoms with van der Waals surface area (Å²) in [5.41, 5.74) is 3.93. The van der Waals surface area contributed by atoms with Gasteiger partial charge in [-0.25, -0.2) is 4.79 Å². The maximum Gasteiger partial charge on any atom is 0.338 e. The van der Waals surface area contributed by atoms with Crippen molar-refractivity contribution in [1.29, 1.82) is 0 Å². The topological polar surface area (TPSA) is 26.3 Å². The number of esters is 1. The molecule has 0 atom stereocenters. The lowest BCUT2D eigenvalue weighted by Crippen LogP contribution is -2.02. The monoisotopic (exact) mass is 276 g/mol. The molecular weight excluding hydrogens is 260 g/mol. The number of hydrogen-bond donors (Lipinski definition) is 0. The van der Waals surface area contributed by atoms with E-state index in [0.29, 0.717) is 5.56 Å². The minimum Gasteiger partial charge on any atom is -0.465 e. The maximum absolute atomic E-state index is 12.0. The summed E-state index contributed by atoms with van der Waals surface area (Å²) in [6, 6.07) is 20.2. The van der Waals surface area contributed by atoms with E-state index >= 15 is 0 Å². The molecule has 0 N–H and O–H groups in total. The summed E-state index contributed by atoms with van der Waals surface area (Å²) in [6.07, 6.45) is 0. The molecule has 104 valence electrons. The minimum atomic E-state index is -0.305. The van der Waals surface area contributed by atoms with Crippen molar-refractivity contribution in [2.45, 2.75) is 6.92 Å². The third-order valence-corrected chi connectivity index (χ3v) is 3.65. The standard InChI is InChI=1S/C19H16O2/c1-13-7-9-14(10-8-13)16-11-15-5-3-4-6-17(15)18(12-16)19(20)21-2/h3-12H,1-2H3. The molecule has 0 bridgehead atoms. The predicted octanol–water partition coefficient (Wildman–Crippen LogP) is 4.60. The fourth-order valence-electron chi connectivity index (χ4n) is 2.50. The number of benzene rings is 3. The largest absolute Gasteiger partial charge is 0.465 e. The van der Waals surface area contributed by atoms with Crippen LogP contribution >= 0.6 is 0 Å². The number of rotatable bonds is 2. The Kier molecular flexibility index (Phi) is 3.44. The molecule has 0 aromatic heterocycles. The van der Waals surface area contributed by atoms with Crippen LogP contribution in [0.3, 0.4) is 0 Å². The summed E-state index contributed by atoms with van der Waals surface area (Å²) in [5, 5.41) is 1.95. The van der Waals surface area contributed by atoms with E-state index < -0.39 is 0 Å². The predicted molar refractivity (Wildman–Crippen MR) is 85.5 cm³/mol. The van der Waals surface area contributed by atoms with E-state index in [1.807, 2.05) is 30.3 Å². The molecule has 0 aliphatic carbocycles. The highest BCUT2D eigenvalue weighted by Crippen LogP contribution is 2.28. The Bertz CT molecular complexity index is 801. The summed E-state index contributed by atoms with van der Waals surface area (Å²) < 4.78 is 4.92. The van der Waals surface area contributed by atoms with E-state index in [9.17, 15) is 4.79 Å². The van der Waals surface area contributed by atoms with E-state index in [1.165, 1.54) is 12.7 Å². The average molecular weight is 276 g/mol. The summed E-state index contributed by atoms with van der Waals surface area (Å²) in [6.45, 7) is 2.06. The Morgan fingerprint density at radius 3 is 2.33 bits per heavy atom.